The Kier molecular flexibility index (Phi) is 3.39. The van der Waals surface area contributed by atoms with Crippen LogP contribution in [0.15, 0.2) is 102 Å². The molecule has 0 radical (unpaired) electrons. The summed E-state index contributed by atoms with van der Waals surface area (Å²) in [5.41, 5.74) is 8.69. The van der Waals surface area contributed by atoms with Crippen molar-refractivity contribution in [1.29, 1.82) is 0 Å². The SMILES string of the molecule is C1=CCC2=NC3=CC=CC(c4ccccc4)C3c3c([nH]c4ccccc34)C2=C1. The van der Waals surface area contributed by atoms with E-state index >= 15 is 0 Å². The van der Waals surface area contributed by atoms with E-state index in [4.69, 9.17) is 4.99 Å². The van der Waals surface area contributed by atoms with Crippen molar-refractivity contribution in [2.45, 2.75) is 18.3 Å². The standard InChI is InChI=1S/C26H20N2/c1-2-9-17(10-3-1)18-13-8-16-23-24(18)25-19-11-4-6-14-21(19)28-26(25)20-12-5-7-15-22(20)27-23/h1-14,16,18,24,28H,15H2. The fourth-order valence-corrected chi connectivity index (χ4v) is 4.82. The number of aromatic amines is 1. The molecule has 28 heavy (non-hydrogen) atoms. The molecule has 2 unspecified atom stereocenters. The Balaban J connectivity index is 1.68. The molecule has 0 spiro atoms. The predicted octanol–water partition coefficient (Wildman–Crippen LogP) is 6.29. The molecule has 0 amide bonds. The Bertz CT molecular complexity index is 1230. The number of allylic oxidation sites excluding steroid dienone is 8. The molecular formula is C26H20N2. The highest BCUT2D eigenvalue weighted by molar-refractivity contribution is 6.27. The maximum atomic E-state index is 5.18. The van der Waals surface area contributed by atoms with E-state index in [0.29, 0.717) is 0 Å². The molecule has 134 valence electrons. The van der Waals surface area contributed by atoms with Crippen molar-refractivity contribution in [3.8, 4) is 0 Å². The number of H-pyrrole nitrogens is 1. The molecule has 0 saturated heterocycles. The monoisotopic (exact) mass is 360 g/mol. The van der Waals surface area contributed by atoms with Gasteiger partial charge >= 0.3 is 0 Å². The number of nitrogens with one attached hydrogen (secondary N) is 1. The lowest BCUT2D eigenvalue weighted by molar-refractivity contribution is 0.690. The molecule has 0 fully saturated rings. The van der Waals surface area contributed by atoms with Crippen molar-refractivity contribution in [2.24, 2.45) is 4.99 Å². The smallest absolute Gasteiger partial charge is 0.0538 e. The zero-order valence-corrected chi connectivity index (χ0v) is 15.5. The number of hydrogen-bond donors (Lipinski definition) is 1. The number of hydrogen-bond acceptors (Lipinski definition) is 1. The van der Waals surface area contributed by atoms with Crippen LogP contribution in [0.2, 0.25) is 0 Å². The summed E-state index contributed by atoms with van der Waals surface area (Å²) in [7, 11) is 0. The van der Waals surface area contributed by atoms with Crippen molar-refractivity contribution in [3.63, 3.8) is 0 Å². The Morgan fingerprint density at radius 2 is 1.75 bits per heavy atom. The van der Waals surface area contributed by atoms with Crippen molar-refractivity contribution in [1.82, 2.24) is 4.98 Å². The lowest BCUT2D eigenvalue weighted by atomic mass is 9.76. The summed E-state index contributed by atoms with van der Waals surface area (Å²) in [4.78, 5) is 8.90. The van der Waals surface area contributed by atoms with Gasteiger partial charge in [-0.3, -0.25) is 4.99 Å². The van der Waals surface area contributed by atoms with Gasteiger partial charge in [-0.25, -0.2) is 0 Å². The average Bonchev–Trinajstić information content (AvgIpc) is 3.07. The van der Waals surface area contributed by atoms with Gasteiger partial charge in [0.05, 0.1) is 11.4 Å². The number of fused-ring (bicyclic) bond motifs is 7. The van der Waals surface area contributed by atoms with Gasteiger partial charge in [0.15, 0.2) is 0 Å². The summed E-state index contributed by atoms with van der Waals surface area (Å²) >= 11 is 0. The fourth-order valence-electron chi connectivity index (χ4n) is 4.82. The fraction of sp³-hybridized carbons (Fsp3) is 0.115. The molecule has 3 aromatic rings. The molecule has 6 rings (SSSR count). The van der Waals surface area contributed by atoms with Crippen LogP contribution in [-0.2, 0) is 0 Å². The number of aliphatic imine (C=N–C) groups is 1. The third-order valence-corrected chi connectivity index (χ3v) is 6.06. The molecular weight excluding hydrogens is 340 g/mol. The molecule has 2 aliphatic carbocycles. The van der Waals surface area contributed by atoms with Crippen LogP contribution in [0.4, 0.5) is 0 Å². The van der Waals surface area contributed by atoms with E-state index in [1.165, 1.54) is 33.3 Å². The van der Waals surface area contributed by atoms with E-state index in [0.717, 1.165) is 17.8 Å². The Morgan fingerprint density at radius 3 is 2.68 bits per heavy atom. The van der Waals surface area contributed by atoms with Crippen LogP contribution in [-0.4, -0.2) is 10.7 Å². The maximum Gasteiger partial charge on any atom is 0.0538 e. The molecule has 2 heteroatoms. The Morgan fingerprint density at radius 1 is 0.893 bits per heavy atom. The minimum atomic E-state index is 0.206. The Hall–Kier alpha value is -3.39. The first kappa shape index (κ1) is 15.6. The normalized spacial score (nSPS) is 22.5. The minimum Gasteiger partial charge on any atom is -0.354 e. The third-order valence-electron chi connectivity index (χ3n) is 6.06. The third kappa shape index (κ3) is 2.24. The van der Waals surface area contributed by atoms with Gasteiger partial charge in [-0.1, -0.05) is 78.9 Å². The first-order valence-electron chi connectivity index (χ1n) is 9.89. The molecule has 2 aromatic carbocycles. The summed E-state index contributed by atoms with van der Waals surface area (Å²) in [6.45, 7) is 0. The van der Waals surface area contributed by atoms with Gasteiger partial charge in [0.2, 0.25) is 0 Å². The molecule has 2 nitrogen and oxygen atoms in total. The van der Waals surface area contributed by atoms with Crippen molar-refractivity contribution < 1.29 is 0 Å². The highest BCUT2D eigenvalue weighted by Gasteiger charge is 2.36. The lowest BCUT2D eigenvalue weighted by Crippen LogP contribution is -2.14. The van der Waals surface area contributed by atoms with Gasteiger partial charge in [0.1, 0.15) is 0 Å². The second-order valence-corrected chi connectivity index (χ2v) is 7.62. The quantitative estimate of drug-likeness (QED) is 0.528. The first-order chi connectivity index (χ1) is 13.9. The molecule has 1 aromatic heterocycles. The van der Waals surface area contributed by atoms with Gasteiger partial charge in [-0.05, 0) is 23.3 Å². The Labute approximate surface area is 164 Å². The molecule has 2 atom stereocenters. The van der Waals surface area contributed by atoms with Crippen LogP contribution >= 0.6 is 0 Å². The highest BCUT2D eigenvalue weighted by Crippen LogP contribution is 2.49. The molecule has 1 aliphatic heterocycles. The number of aromatic nitrogens is 1. The van der Waals surface area contributed by atoms with Crippen LogP contribution in [0.1, 0.15) is 35.1 Å². The largest absolute Gasteiger partial charge is 0.354 e. The number of nitrogens with zero attached hydrogens (tertiary/aromatic N) is 1. The van der Waals surface area contributed by atoms with E-state index in [9.17, 15) is 0 Å². The lowest BCUT2D eigenvalue weighted by Gasteiger charge is -2.28. The van der Waals surface area contributed by atoms with Crippen LogP contribution in [0.3, 0.4) is 0 Å². The summed E-state index contributed by atoms with van der Waals surface area (Å²) in [6, 6.07) is 19.5. The maximum absolute atomic E-state index is 5.18. The van der Waals surface area contributed by atoms with E-state index in [2.05, 4.69) is 96.0 Å². The molecule has 3 aliphatic rings. The van der Waals surface area contributed by atoms with Crippen LogP contribution in [0, 0.1) is 0 Å². The van der Waals surface area contributed by atoms with E-state index in [-0.39, 0.29) is 11.8 Å². The number of rotatable bonds is 1. The molecule has 1 N–H and O–H groups in total. The average molecular weight is 360 g/mol. The minimum absolute atomic E-state index is 0.206. The summed E-state index contributed by atoms with van der Waals surface area (Å²) in [5, 5.41) is 1.30. The van der Waals surface area contributed by atoms with Crippen molar-refractivity contribution in [3.05, 3.63) is 114 Å². The van der Waals surface area contributed by atoms with E-state index in [1.807, 2.05) is 0 Å². The molecule has 0 saturated carbocycles. The number of benzene rings is 2. The van der Waals surface area contributed by atoms with Crippen LogP contribution < -0.4 is 0 Å². The van der Waals surface area contributed by atoms with E-state index < -0.39 is 0 Å². The van der Waals surface area contributed by atoms with Gasteiger partial charge in [-0.2, -0.15) is 0 Å². The summed E-state index contributed by atoms with van der Waals surface area (Å²) < 4.78 is 0. The van der Waals surface area contributed by atoms with Gasteiger partial charge in [0.25, 0.3) is 0 Å². The first-order valence-corrected chi connectivity index (χ1v) is 9.89. The topological polar surface area (TPSA) is 28.1 Å². The van der Waals surface area contributed by atoms with Crippen molar-refractivity contribution in [2.75, 3.05) is 0 Å². The molecule has 0 bridgehead atoms. The summed E-state index contributed by atoms with van der Waals surface area (Å²) in [5.74, 6) is 0.481. The second kappa shape index (κ2) is 6.07. The van der Waals surface area contributed by atoms with E-state index in [1.54, 1.807) is 0 Å². The van der Waals surface area contributed by atoms with Crippen molar-refractivity contribution >= 4 is 22.2 Å². The van der Waals surface area contributed by atoms with Gasteiger partial charge in [-0.15, -0.1) is 0 Å². The summed E-state index contributed by atoms with van der Waals surface area (Å²) in [6.07, 6.45) is 14.1. The second-order valence-electron chi connectivity index (χ2n) is 7.62. The molecule has 2 heterocycles. The highest BCUT2D eigenvalue weighted by atomic mass is 14.8. The van der Waals surface area contributed by atoms with Crippen LogP contribution in [0.5, 0.6) is 0 Å². The van der Waals surface area contributed by atoms with Gasteiger partial charge < -0.3 is 4.98 Å². The predicted molar refractivity (Wildman–Crippen MR) is 117 cm³/mol. The van der Waals surface area contributed by atoms with Gasteiger partial charge in [0, 0.05) is 40.4 Å². The zero-order valence-electron chi connectivity index (χ0n) is 15.5. The van der Waals surface area contributed by atoms with Crippen LogP contribution in [0.25, 0.3) is 16.5 Å². The zero-order chi connectivity index (χ0) is 18.5. The number of para-hydroxylation sites is 1.